The minimum absolute atomic E-state index is 0.112. The van der Waals surface area contributed by atoms with E-state index in [-0.39, 0.29) is 16.4 Å². The van der Waals surface area contributed by atoms with Gasteiger partial charge in [0.15, 0.2) is 0 Å². The molecule has 0 fully saturated rings. The molecule has 0 unspecified atom stereocenters. The van der Waals surface area contributed by atoms with Crippen LogP contribution in [0.15, 0.2) is 24.4 Å². The number of methoxy groups -OCH3 is 1. The molecule has 0 radical (unpaired) electrons. The number of carbonyl (C=O) groups is 1. The maximum absolute atomic E-state index is 12.2. The first-order valence-corrected chi connectivity index (χ1v) is 6.92. The van der Waals surface area contributed by atoms with Gasteiger partial charge >= 0.3 is 0 Å². The molecule has 116 valence electrons. The summed E-state index contributed by atoms with van der Waals surface area (Å²) >= 11 is 5.91. The molecule has 1 heterocycles. The Labute approximate surface area is 131 Å². The number of amides is 1. The van der Waals surface area contributed by atoms with E-state index >= 15 is 0 Å². The predicted octanol–water partition coefficient (Wildman–Crippen LogP) is 2.56. The highest BCUT2D eigenvalue weighted by molar-refractivity contribution is 6.32. The maximum atomic E-state index is 12.2. The smallest absolute Gasteiger partial charge is 0.278 e. The molecule has 1 aromatic heterocycles. The molecule has 1 amide bonds. The summed E-state index contributed by atoms with van der Waals surface area (Å²) in [6.07, 6.45) is 2.03. The van der Waals surface area contributed by atoms with E-state index in [2.05, 4.69) is 10.3 Å². The zero-order chi connectivity index (χ0) is 16.1. The van der Waals surface area contributed by atoms with Gasteiger partial charge in [-0.2, -0.15) is 0 Å². The zero-order valence-electron chi connectivity index (χ0n) is 11.8. The van der Waals surface area contributed by atoms with Gasteiger partial charge < -0.3 is 10.1 Å². The lowest BCUT2D eigenvalue weighted by Crippen LogP contribution is -2.26. The van der Waals surface area contributed by atoms with Gasteiger partial charge in [-0.25, -0.2) is 0 Å². The van der Waals surface area contributed by atoms with Gasteiger partial charge in [-0.1, -0.05) is 11.6 Å². The number of nitro benzene ring substituents is 1. The fourth-order valence-electron chi connectivity index (χ4n) is 2.06. The van der Waals surface area contributed by atoms with Crippen LogP contribution in [0.25, 0.3) is 10.8 Å². The summed E-state index contributed by atoms with van der Waals surface area (Å²) in [4.78, 5) is 26.8. The number of rotatable bonds is 6. The Morgan fingerprint density at radius 1 is 1.45 bits per heavy atom. The highest BCUT2D eigenvalue weighted by atomic mass is 35.5. The fourth-order valence-corrected chi connectivity index (χ4v) is 2.28. The lowest BCUT2D eigenvalue weighted by Gasteiger charge is -2.08. The molecular weight excluding hydrogens is 310 g/mol. The molecule has 22 heavy (non-hydrogen) atoms. The number of ether oxygens (including phenoxy) is 1. The SMILES string of the molecule is COCCCNC(=O)c1nccc2c([N+](=O)[O-])cc(Cl)cc12. The van der Waals surface area contributed by atoms with Crippen LogP contribution in [-0.2, 0) is 4.74 Å². The summed E-state index contributed by atoms with van der Waals surface area (Å²) < 4.78 is 4.90. The van der Waals surface area contributed by atoms with Crippen LogP contribution in [0, 0.1) is 10.1 Å². The van der Waals surface area contributed by atoms with Gasteiger partial charge in [-0.3, -0.25) is 19.9 Å². The highest BCUT2D eigenvalue weighted by Gasteiger charge is 2.19. The van der Waals surface area contributed by atoms with Crippen molar-refractivity contribution in [2.24, 2.45) is 0 Å². The van der Waals surface area contributed by atoms with Gasteiger partial charge in [-0.05, 0) is 18.6 Å². The third-order valence-corrected chi connectivity index (χ3v) is 3.26. The van der Waals surface area contributed by atoms with Crippen LogP contribution < -0.4 is 5.32 Å². The predicted molar refractivity (Wildman–Crippen MR) is 82.2 cm³/mol. The maximum Gasteiger partial charge on any atom is 0.278 e. The second-order valence-corrected chi connectivity index (χ2v) is 4.98. The molecule has 1 N–H and O–H groups in total. The molecule has 7 nitrogen and oxygen atoms in total. The molecule has 0 aliphatic carbocycles. The number of nitrogens with one attached hydrogen (secondary N) is 1. The molecule has 0 saturated heterocycles. The lowest BCUT2D eigenvalue weighted by molar-refractivity contribution is -0.383. The number of non-ortho nitro benzene ring substituents is 1. The van der Waals surface area contributed by atoms with Crippen molar-refractivity contribution in [1.29, 1.82) is 0 Å². The number of nitro groups is 1. The summed E-state index contributed by atoms with van der Waals surface area (Å²) in [5.41, 5.74) is -0.0427. The van der Waals surface area contributed by atoms with Gasteiger partial charge in [0.05, 0.1) is 10.3 Å². The molecule has 0 aliphatic heterocycles. The van der Waals surface area contributed by atoms with Crippen molar-refractivity contribution < 1.29 is 14.5 Å². The summed E-state index contributed by atoms with van der Waals surface area (Å²) in [6.45, 7) is 0.952. The Morgan fingerprint density at radius 2 is 2.23 bits per heavy atom. The first kappa shape index (κ1) is 16.1. The van der Waals surface area contributed by atoms with E-state index in [0.29, 0.717) is 30.3 Å². The Kier molecular flexibility index (Phi) is 5.24. The van der Waals surface area contributed by atoms with Gasteiger partial charge in [-0.15, -0.1) is 0 Å². The molecule has 0 spiro atoms. The van der Waals surface area contributed by atoms with Gasteiger partial charge in [0.2, 0.25) is 0 Å². The van der Waals surface area contributed by atoms with Crippen molar-refractivity contribution in [3.63, 3.8) is 0 Å². The summed E-state index contributed by atoms with van der Waals surface area (Å²) in [5.74, 6) is -0.404. The third kappa shape index (κ3) is 3.49. The molecular formula is C14H14ClN3O4. The molecule has 2 rings (SSSR count). The van der Waals surface area contributed by atoms with Crippen molar-refractivity contribution in [3.05, 3.63) is 45.2 Å². The van der Waals surface area contributed by atoms with E-state index in [9.17, 15) is 14.9 Å². The topological polar surface area (TPSA) is 94.4 Å². The van der Waals surface area contributed by atoms with E-state index in [1.165, 1.54) is 24.4 Å². The number of benzene rings is 1. The van der Waals surface area contributed by atoms with Crippen molar-refractivity contribution >= 4 is 34.0 Å². The van der Waals surface area contributed by atoms with Crippen LogP contribution >= 0.6 is 11.6 Å². The number of aromatic nitrogens is 1. The van der Waals surface area contributed by atoms with Crippen LogP contribution in [-0.4, -0.2) is 36.1 Å². The first-order chi connectivity index (χ1) is 10.5. The first-order valence-electron chi connectivity index (χ1n) is 6.54. The second kappa shape index (κ2) is 7.15. The van der Waals surface area contributed by atoms with Crippen molar-refractivity contribution in [3.8, 4) is 0 Å². The number of hydrogen-bond acceptors (Lipinski definition) is 5. The summed E-state index contributed by atoms with van der Waals surface area (Å²) in [7, 11) is 1.58. The molecule has 1 aromatic carbocycles. The molecule has 0 saturated carbocycles. The minimum Gasteiger partial charge on any atom is -0.385 e. The van der Waals surface area contributed by atoms with Crippen LogP contribution in [0.4, 0.5) is 5.69 Å². The van der Waals surface area contributed by atoms with Crippen LogP contribution in [0.3, 0.4) is 0 Å². The normalized spacial score (nSPS) is 10.6. The van der Waals surface area contributed by atoms with Gasteiger partial charge in [0, 0.05) is 42.9 Å². The van der Waals surface area contributed by atoms with Crippen molar-refractivity contribution in [2.45, 2.75) is 6.42 Å². The third-order valence-electron chi connectivity index (χ3n) is 3.05. The number of fused-ring (bicyclic) bond motifs is 1. The van der Waals surface area contributed by atoms with Crippen LogP contribution in [0.5, 0.6) is 0 Å². The number of halogens is 1. The average Bonchev–Trinajstić information content (AvgIpc) is 2.49. The van der Waals surface area contributed by atoms with Gasteiger partial charge in [0.25, 0.3) is 11.6 Å². The van der Waals surface area contributed by atoms with E-state index < -0.39 is 10.8 Å². The Morgan fingerprint density at radius 3 is 2.91 bits per heavy atom. The van der Waals surface area contributed by atoms with E-state index in [4.69, 9.17) is 16.3 Å². The van der Waals surface area contributed by atoms with E-state index in [1.54, 1.807) is 7.11 Å². The largest absolute Gasteiger partial charge is 0.385 e. The molecule has 0 aliphatic rings. The molecule has 0 atom stereocenters. The van der Waals surface area contributed by atoms with E-state index in [0.717, 1.165) is 0 Å². The van der Waals surface area contributed by atoms with Crippen LogP contribution in [0.2, 0.25) is 5.02 Å². The Balaban J connectivity index is 2.38. The second-order valence-electron chi connectivity index (χ2n) is 4.54. The van der Waals surface area contributed by atoms with Gasteiger partial charge in [0.1, 0.15) is 5.69 Å². The van der Waals surface area contributed by atoms with E-state index in [1.807, 2.05) is 0 Å². The van der Waals surface area contributed by atoms with Crippen LogP contribution in [0.1, 0.15) is 16.9 Å². The standard InChI is InChI=1S/C14H14ClN3O4/c1-22-6-2-4-17-14(19)13-11-7-9(15)8-12(18(20)21)10(11)3-5-16-13/h3,5,7-8H,2,4,6H2,1H3,(H,17,19). The number of pyridine rings is 1. The summed E-state index contributed by atoms with van der Waals surface area (Å²) in [6, 6.07) is 4.25. The lowest BCUT2D eigenvalue weighted by atomic mass is 10.1. The quantitative estimate of drug-likeness (QED) is 0.501. The summed E-state index contributed by atoms with van der Waals surface area (Å²) in [5, 5.41) is 14.7. The average molecular weight is 324 g/mol. The zero-order valence-corrected chi connectivity index (χ0v) is 12.6. The molecule has 0 bridgehead atoms. The Bertz CT molecular complexity index is 721. The van der Waals surface area contributed by atoms with Crippen molar-refractivity contribution in [2.75, 3.05) is 20.3 Å². The highest BCUT2D eigenvalue weighted by Crippen LogP contribution is 2.30. The molecule has 8 heteroatoms. The number of nitrogens with zero attached hydrogens (tertiary/aromatic N) is 2. The Hall–Kier alpha value is -2.25. The monoisotopic (exact) mass is 323 g/mol. The minimum atomic E-state index is -0.533. The number of carbonyl (C=O) groups excluding carboxylic acids is 1. The molecule has 2 aromatic rings. The number of hydrogen-bond donors (Lipinski definition) is 1. The van der Waals surface area contributed by atoms with Crippen molar-refractivity contribution in [1.82, 2.24) is 10.3 Å². The fraction of sp³-hybridized carbons (Fsp3) is 0.286.